The maximum Gasteiger partial charge on any atom is 0.326 e. The van der Waals surface area contributed by atoms with Crippen molar-refractivity contribution in [2.45, 2.75) is 32.7 Å². The van der Waals surface area contributed by atoms with Crippen molar-refractivity contribution < 1.29 is 19.4 Å². The van der Waals surface area contributed by atoms with E-state index in [0.29, 0.717) is 19.6 Å². The summed E-state index contributed by atoms with van der Waals surface area (Å²) < 4.78 is 5.10. The van der Waals surface area contributed by atoms with E-state index in [2.05, 4.69) is 5.32 Å². The van der Waals surface area contributed by atoms with Crippen molar-refractivity contribution in [1.29, 1.82) is 0 Å². The number of carboxylic acids is 1. The Kier molecular flexibility index (Phi) is 4.73. The second-order valence-corrected chi connectivity index (χ2v) is 4.27. The third-order valence-corrected chi connectivity index (χ3v) is 3.08. The Bertz CT molecular complexity index is 261. The molecule has 1 fully saturated rings. The van der Waals surface area contributed by atoms with Crippen LogP contribution in [0.5, 0.6) is 0 Å². The Labute approximate surface area is 95.2 Å². The fourth-order valence-electron chi connectivity index (χ4n) is 1.70. The third-order valence-electron chi connectivity index (χ3n) is 3.08. The van der Waals surface area contributed by atoms with E-state index in [0.717, 1.165) is 6.42 Å². The van der Waals surface area contributed by atoms with Gasteiger partial charge in [-0.05, 0) is 12.3 Å². The molecule has 5 heteroatoms. The predicted octanol–water partition coefficient (Wildman–Crippen LogP) is 0.638. The molecular weight excluding hydrogens is 210 g/mol. The molecule has 16 heavy (non-hydrogen) atoms. The largest absolute Gasteiger partial charge is 0.480 e. The highest BCUT2D eigenvalue weighted by molar-refractivity contribution is 5.85. The summed E-state index contributed by atoms with van der Waals surface area (Å²) in [5.74, 6) is -1.43. The van der Waals surface area contributed by atoms with E-state index in [4.69, 9.17) is 9.84 Å². The van der Waals surface area contributed by atoms with Gasteiger partial charge in [-0.2, -0.15) is 0 Å². The van der Waals surface area contributed by atoms with Crippen LogP contribution < -0.4 is 5.32 Å². The van der Waals surface area contributed by atoms with Crippen molar-refractivity contribution in [3.05, 3.63) is 0 Å². The topological polar surface area (TPSA) is 75.6 Å². The zero-order valence-electron chi connectivity index (χ0n) is 9.73. The number of hydrogen-bond acceptors (Lipinski definition) is 3. The minimum absolute atomic E-state index is 0.0660. The van der Waals surface area contributed by atoms with Crippen LogP contribution in [0.4, 0.5) is 0 Å². The van der Waals surface area contributed by atoms with Gasteiger partial charge in [0.15, 0.2) is 0 Å². The number of carbonyl (C=O) groups excluding carboxylic acids is 1. The Morgan fingerprint density at radius 2 is 2.25 bits per heavy atom. The quantitative estimate of drug-likeness (QED) is 0.725. The number of carboxylic acid groups (broad SMARTS) is 1. The molecule has 5 nitrogen and oxygen atoms in total. The smallest absolute Gasteiger partial charge is 0.326 e. The molecule has 0 aromatic heterocycles. The highest BCUT2D eigenvalue weighted by Crippen LogP contribution is 2.14. The van der Waals surface area contributed by atoms with E-state index < -0.39 is 12.0 Å². The van der Waals surface area contributed by atoms with Gasteiger partial charge in [-0.1, -0.05) is 20.3 Å². The van der Waals surface area contributed by atoms with E-state index in [1.165, 1.54) is 0 Å². The molecule has 3 atom stereocenters. The molecule has 0 aromatic rings. The summed E-state index contributed by atoms with van der Waals surface area (Å²) in [6, 6.07) is -0.793. The van der Waals surface area contributed by atoms with Gasteiger partial charge in [-0.25, -0.2) is 4.79 Å². The van der Waals surface area contributed by atoms with E-state index in [1.807, 2.05) is 13.8 Å². The Morgan fingerprint density at radius 1 is 1.56 bits per heavy atom. The molecule has 1 aliphatic rings. The third kappa shape index (κ3) is 3.20. The van der Waals surface area contributed by atoms with Crippen molar-refractivity contribution >= 4 is 11.9 Å². The fourth-order valence-corrected chi connectivity index (χ4v) is 1.70. The summed E-state index contributed by atoms with van der Waals surface area (Å²) in [4.78, 5) is 22.7. The van der Waals surface area contributed by atoms with Gasteiger partial charge < -0.3 is 15.2 Å². The monoisotopic (exact) mass is 229 g/mol. The lowest BCUT2D eigenvalue weighted by atomic mass is 9.98. The molecule has 1 amide bonds. The fraction of sp³-hybridized carbons (Fsp3) is 0.818. The number of nitrogens with one attached hydrogen (secondary N) is 1. The summed E-state index contributed by atoms with van der Waals surface area (Å²) >= 11 is 0. The van der Waals surface area contributed by atoms with Crippen molar-refractivity contribution in [3.63, 3.8) is 0 Å². The first-order valence-electron chi connectivity index (χ1n) is 5.67. The average molecular weight is 229 g/mol. The molecule has 1 heterocycles. The molecule has 92 valence electrons. The van der Waals surface area contributed by atoms with Gasteiger partial charge in [-0.3, -0.25) is 4.79 Å². The van der Waals surface area contributed by atoms with Crippen molar-refractivity contribution in [2.75, 3.05) is 13.2 Å². The zero-order chi connectivity index (χ0) is 12.1. The molecule has 0 unspecified atom stereocenters. The number of hydrogen-bond donors (Lipinski definition) is 2. The Morgan fingerprint density at radius 3 is 2.69 bits per heavy atom. The highest BCUT2D eigenvalue weighted by Gasteiger charge is 2.30. The lowest BCUT2D eigenvalue weighted by molar-refractivity contribution is -0.144. The van der Waals surface area contributed by atoms with E-state index in [-0.39, 0.29) is 17.7 Å². The Balaban J connectivity index is 2.53. The van der Waals surface area contributed by atoms with Crippen LogP contribution >= 0.6 is 0 Å². The molecular formula is C11H19NO4. The maximum atomic E-state index is 11.7. The van der Waals surface area contributed by atoms with Crippen LogP contribution in [0.2, 0.25) is 0 Å². The first kappa shape index (κ1) is 13.0. The molecule has 2 N–H and O–H groups in total. The molecule has 0 bridgehead atoms. The number of ether oxygens (including phenoxy) is 1. The van der Waals surface area contributed by atoms with Crippen molar-refractivity contribution in [1.82, 2.24) is 5.32 Å². The molecule has 1 rings (SSSR count). The standard InChI is InChI=1S/C11H19NO4/c1-3-7(2)9(11(14)15)12-10(13)8-4-5-16-6-8/h7-9H,3-6H2,1-2H3,(H,12,13)(H,14,15)/t7-,8-,9+/m1/s1. The summed E-state index contributed by atoms with van der Waals surface area (Å²) in [6.45, 7) is 4.72. The van der Waals surface area contributed by atoms with Gasteiger partial charge in [0.2, 0.25) is 5.91 Å². The van der Waals surface area contributed by atoms with Crippen LogP contribution in [-0.4, -0.2) is 36.2 Å². The zero-order valence-corrected chi connectivity index (χ0v) is 9.73. The van der Waals surface area contributed by atoms with Gasteiger partial charge in [-0.15, -0.1) is 0 Å². The van der Waals surface area contributed by atoms with Crippen LogP contribution in [0.25, 0.3) is 0 Å². The second-order valence-electron chi connectivity index (χ2n) is 4.27. The van der Waals surface area contributed by atoms with Crippen LogP contribution in [0, 0.1) is 11.8 Å². The lowest BCUT2D eigenvalue weighted by Gasteiger charge is -2.21. The van der Waals surface area contributed by atoms with Gasteiger partial charge >= 0.3 is 5.97 Å². The number of rotatable bonds is 5. The van der Waals surface area contributed by atoms with Gasteiger partial charge in [0.25, 0.3) is 0 Å². The molecule has 1 saturated heterocycles. The first-order chi connectivity index (χ1) is 7.56. The van der Waals surface area contributed by atoms with E-state index >= 15 is 0 Å². The molecule has 1 aliphatic heterocycles. The second kappa shape index (κ2) is 5.84. The van der Waals surface area contributed by atoms with Crippen LogP contribution in [0.1, 0.15) is 26.7 Å². The number of aliphatic carboxylic acids is 1. The maximum absolute atomic E-state index is 11.7. The van der Waals surface area contributed by atoms with E-state index in [1.54, 1.807) is 0 Å². The molecule has 0 spiro atoms. The van der Waals surface area contributed by atoms with Gasteiger partial charge in [0.1, 0.15) is 6.04 Å². The average Bonchev–Trinajstić information content (AvgIpc) is 2.77. The minimum Gasteiger partial charge on any atom is -0.480 e. The molecule has 0 saturated carbocycles. The van der Waals surface area contributed by atoms with Crippen LogP contribution in [0.15, 0.2) is 0 Å². The normalized spacial score (nSPS) is 23.8. The number of carbonyl (C=O) groups is 2. The molecule has 0 aromatic carbocycles. The Hall–Kier alpha value is -1.10. The van der Waals surface area contributed by atoms with Gasteiger partial charge in [0, 0.05) is 6.61 Å². The van der Waals surface area contributed by atoms with E-state index in [9.17, 15) is 9.59 Å². The van der Waals surface area contributed by atoms with Crippen molar-refractivity contribution in [3.8, 4) is 0 Å². The molecule has 0 radical (unpaired) electrons. The van der Waals surface area contributed by atoms with Crippen LogP contribution in [-0.2, 0) is 14.3 Å². The summed E-state index contributed by atoms with van der Waals surface area (Å²) in [6.07, 6.45) is 1.40. The van der Waals surface area contributed by atoms with Gasteiger partial charge in [0.05, 0.1) is 12.5 Å². The predicted molar refractivity (Wildman–Crippen MR) is 57.9 cm³/mol. The highest BCUT2D eigenvalue weighted by atomic mass is 16.5. The SMILES string of the molecule is CC[C@@H](C)[C@H](NC(=O)[C@@H]1CCOC1)C(=O)O. The summed E-state index contributed by atoms with van der Waals surface area (Å²) in [7, 11) is 0. The summed E-state index contributed by atoms with van der Waals surface area (Å²) in [5, 5.41) is 11.6. The molecule has 0 aliphatic carbocycles. The minimum atomic E-state index is -0.971. The lowest BCUT2D eigenvalue weighted by Crippen LogP contribution is -2.47. The number of amides is 1. The first-order valence-corrected chi connectivity index (χ1v) is 5.67. The summed E-state index contributed by atoms with van der Waals surface area (Å²) in [5.41, 5.74) is 0. The van der Waals surface area contributed by atoms with Crippen LogP contribution in [0.3, 0.4) is 0 Å². The van der Waals surface area contributed by atoms with Crippen molar-refractivity contribution in [2.24, 2.45) is 11.8 Å².